The van der Waals surface area contributed by atoms with E-state index >= 15 is 0 Å². The van der Waals surface area contributed by atoms with Crippen molar-refractivity contribution in [1.29, 1.82) is 0 Å². The molecule has 0 fully saturated rings. The second kappa shape index (κ2) is 3.46. The molecule has 1 aromatic heterocycles. The molecule has 0 saturated heterocycles. The predicted molar refractivity (Wildman–Crippen MR) is 52.1 cm³/mol. The van der Waals surface area contributed by atoms with E-state index in [4.69, 9.17) is 4.52 Å². The Bertz CT molecular complexity index is 460. The molecule has 0 radical (unpaired) electrons. The van der Waals surface area contributed by atoms with Crippen molar-refractivity contribution in [3.63, 3.8) is 0 Å². The van der Waals surface area contributed by atoms with Gasteiger partial charge in [0.1, 0.15) is 12.0 Å². The lowest BCUT2D eigenvalue weighted by Gasteiger charge is -1.97. The molecule has 2 rings (SSSR count). The summed E-state index contributed by atoms with van der Waals surface area (Å²) < 4.78 is 4.75. The van der Waals surface area contributed by atoms with E-state index in [1.165, 1.54) is 6.26 Å². The SMILES string of the molecule is Cc1cccc(-c2nocc2C=O)c1. The van der Waals surface area contributed by atoms with Crippen molar-refractivity contribution in [2.75, 3.05) is 0 Å². The predicted octanol–water partition coefficient (Wildman–Crippen LogP) is 2.46. The molecule has 0 aliphatic carbocycles. The molecule has 0 aliphatic heterocycles. The number of benzene rings is 1. The van der Waals surface area contributed by atoms with Crippen LogP contribution in [0.25, 0.3) is 11.3 Å². The first-order valence-electron chi connectivity index (χ1n) is 4.28. The topological polar surface area (TPSA) is 43.1 Å². The number of carbonyl (C=O) groups excluding carboxylic acids is 1. The van der Waals surface area contributed by atoms with Gasteiger partial charge in [-0.15, -0.1) is 0 Å². The van der Waals surface area contributed by atoms with Crippen LogP contribution in [0, 0.1) is 6.92 Å². The van der Waals surface area contributed by atoms with E-state index in [9.17, 15) is 4.79 Å². The Kier molecular flexibility index (Phi) is 2.14. The van der Waals surface area contributed by atoms with Crippen LogP contribution in [0.15, 0.2) is 35.1 Å². The molecule has 3 nitrogen and oxygen atoms in total. The molecule has 1 aromatic carbocycles. The normalized spacial score (nSPS) is 10.1. The summed E-state index contributed by atoms with van der Waals surface area (Å²) in [5.41, 5.74) is 3.11. The molecular formula is C11H9NO2. The molecule has 3 heteroatoms. The summed E-state index contributed by atoms with van der Waals surface area (Å²) in [5, 5.41) is 3.79. The summed E-state index contributed by atoms with van der Waals surface area (Å²) in [5.74, 6) is 0. The molecule has 14 heavy (non-hydrogen) atoms. The van der Waals surface area contributed by atoms with Gasteiger partial charge in [0.2, 0.25) is 0 Å². The number of hydrogen-bond acceptors (Lipinski definition) is 3. The van der Waals surface area contributed by atoms with Gasteiger partial charge in [-0.05, 0) is 13.0 Å². The van der Waals surface area contributed by atoms with Gasteiger partial charge in [-0.2, -0.15) is 0 Å². The van der Waals surface area contributed by atoms with Crippen molar-refractivity contribution in [2.24, 2.45) is 0 Å². The van der Waals surface area contributed by atoms with Gasteiger partial charge in [-0.1, -0.05) is 28.9 Å². The lowest BCUT2D eigenvalue weighted by atomic mass is 10.1. The van der Waals surface area contributed by atoms with Gasteiger partial charge in [0.25, 0.3) is 0 Å². The number of nitrogens with zero attached hydrogens (tertiary/aromatic N) is 1. The third-order valence-corrected chi connectivity index (χ3v) is 2.02. The van der Waals surface area contributed by atoms with Crippen LogP contribution in [0.4, 0.5) is 0 Å². The van der Waals surface area contributed by atoms with E-state index in [0.717, 1.165) is 17.4 Å². The van der Waals surface area contributed by atoms with Crippen LogP contribution in [0.3, 0.4) is 0 Å². The first kappa shape index (κ1) is 8.69. The average molecular weight is 187 g/mol. The van der Waals surface area contributed by atoms with Crippen molar-refractivity contribution in [3.05, 3.63) is 41.7 Å². The standard InChI is InChI=1S/C11H9NO2/c1-8-3-2-4-9(5-8)11-10(6-13)7-14-12-11/h2-7H,1H3. The van der Waals surface area contributed by atoms with E-state index in [-0.39, 0.29) is 0 Å². The Balaban J connectivity index is 2.54. The summed E-state index contributed by atoms with van der Waals surface area (Å²) in [6.45, 7) is 1.99. The lowest BCUT2D eigenvalue weighted by molar-refractivity contribution is 0.112. The first-order chi connectivity index (χ1) is 6.81. The molecule has 1 heterocycles. The Morgan fingerprint density at radius 1 is 1.43 bits per heavy atom. The van der Waals surface area contributed by atoms with Gasteiger partial charge < -0.3 is 4.52 Å². The van der Waals surface area contributed by atoms with Crippen LogP contribution >= 0.6 is 0 Å². The van der Waals surface area contributed by atoms with Crippen molar-refractivity contribution in [3.8, 4) is 11.3 Å². The Hall–Kier alpha value is -1.90. The Labute approximate surface area is 81.3 Å². The monoisotopic (exact) mass is 187 g/mol. The highest BCUT2D eigenvalue weighted by Gasteiger charge is 2.08. The molecule has 0 atom stereocenters. The van der Waals surface area contributed by atoms with Crippen LogP contribution in [0.1, 0.15) is 15.9 Å². The quantitative estimate of drug-likeness (QED) is 0.678. The number of rotatable bonds is 2. The number of hydrogen-bond donors (Lipinski definition) is 0. The maximum absolute atomic E-state index is 10.6. The molecule has 0 amide bonds. The van der Waals surface area contributed by atoms with E-state index in [2.05, 4.69) is 5.16 Å². The largest absolute Gasteiger partial charge is 0.363 e. The Morgan fingerprint density at radius 2 is 2.29 bits per heavy atom. The smallest absolute Gasteiger partial charge is 0.155 e. The van der Waals surface area contributed by atoms with Crippen LogP contribution in [0.5, 0.6) is 0 Å². The molecule has 0 saturated carbocycles. The van der Waals surface area contributed by atoms with Gasteiger partial charge in [0.15, 0.2) is 6.29 Å². The van der Waals surface area contributed by atoms with Crippen LogP contribution in [0.2, 0.25) is 0 Å². The van der Waals surface area contributed by atoms with Crippen LogP contribution in [-0.4, -0.2) is 11.4 Å². The highest BCUT2D eigenvalue weighted by atomic mass is 16.5. The maximum atomic E-state index is 10.6. The molecule has 0 aliphatic rings. The Morgan fingerprint density at radius 3 is 3.00 bits per heavy atom. The fourth-order valence-electron chi connectivity index (χ4n) is 1.34. The van der Waals surface area contributed by atoms with E-state index in [1.807, 2.05) is 31.2 Å². The molecule has 0 bridgehead atoms. The molecule has 0 unspecified atom stereocenters. The summed E-state index contributed by atoms with van der Waals surface area (Å²) >= 11 is 0. The van der Waals surface area contributed by atoms with Crippen LogP contribution in [-0.2, 0) is 0 Å². The first-order valence-corrected chi connectivity index (χ1v) is 4.28. The lowest BCUT2D eigenvalue weighted by Crippen LogP contribution is -1.84. The molecule has 2 aromatic rings. The minimum Gasteiger partial charge on any atom is -0.363 e. The molecule has 0 N–H and O–H groups in total. The number of aryl methyl sites for hydroxylation is 1. The van der Waals surface area contributed by atoms with E-state index < -0.39 is 0 Å². The van der Waals surface area contributed by atoms with Crippen LogP contribution < -0.4 is 0 Å². The highest BCUT2D eigenvalue weighted by molar-refractivity contribution is 5.84. The number of carbonyl (C=O) groups is 1. The van der Waals surface area contributed by atoms with Gasteiger partial charge in [-0.25, -0.2) is 0 Å². The van der Waals surface area contributed by atoms with E-state index in [0.29, 0.717) is 11.3 Å². The number of aldehydes is 1. The zero-order valence-electron chi connectivity index (χ0n) is 7.73. The fraction of sp³-hybridized carbons (Fsp3) is 0.0909. The zero-order chi connectivity index (χ0) is 9.97. The molecule has 70 valence electrons. The summed E-state index contributed by atoms with van der Waals surface area (Å²) in [6.07, 6.45) is 2.10. The van der Waals surface area contributed by atoms with Crippen molar-refractivity contribution in [2.45, 2.75) is 6.92 Å². The third kappa shape index (κ3) is 1.44. The van der Waals surface area contributed by atoms with Crippen molar-refractivity contribution >= 4 is 6.29 Å². The second-order valence-corrected chi connectivity index (χ2v) is 3.11. The minimum absolute atomic E-state index is 0.482. The minimum atomic E-state index is 0.482. The van der Waals surface area contributed by atoms with Gasteiger partial charge >= 0.3 is 0 Å². The number of aromatic nitrogens is 1. The maximum Gasteiger partial charge on any atom is 0.155 e. The van der Waals surface area contributed by atoms with Crippen molar-refractivity contribution < 1.29 is 9.32 Å². The molecule has 0 spiro atoms. The third-order valence-electron chi connectivity index (χ3n) is 2.02. The summed E-state index contributed by atoms with van der Waals surface area (Å²) in [6, 6.07) is 7.78. The molecular weight excluding hydrogens is 178 g/mol. The second-order valence-electron chi connectivity index (χ2n) is 3.11. The highest BCUT2D eigenvalue weighted by Crippen LogP contribution is 2.21. The van der Waals surface area contributed by atoms with Gasteiger partial charge in [0.05, 0.1) is 5.56 Å². The average Bonchev–Trinajstić information content (AvgIpc) is 2.65. The summed E-state index contributed by atoms with van der Waals surface area (Å²) in [4.78, 5) is 10.6. The van der Waals surface area contributed by atoms with Gasteiger partial charge in [0, 0.05) is 5.56 Å². The summed E-state index contributed by atoms with van der Waals surface area (Å²) in [7, 11) is 0. The fourth-order valence-corrected chi connectivity index (χ4v) is 1.34. The van der Waals surface area contributed by atoms with Crippen molar-refractivity contribution in [1.82, 2.24) is 5.16 Å². The van der Waals surface area contributed by atoms with E-state index in [1.54, 1.807) is 0 Å². The zero-order valence-corrected chi connectivity index (χ0v) is 7.73. The van der Waals surface area contributed by atoms with Gasteiger partial charge in [-0.3, -0.25) is 4.79 Å².